The summed E-state index contributed by atoms with van der Waals surface area (Å²) in [4.78, 5) is 3.68. The molecule has 0 saturated carbocycles. The van der Waals surface area contributed by atoms with E-state index in [1.165, 1.54) is 14.0 Å². The van der Waals surface area contributed by atoms with Crippen molar-refractivity contribution in [2.75, 3.05) is 7.11 Å². The summed E-state index contributed by atoms with van der Waals surface area (Å²) in [6.45, 7) is -3.71. The van der Waals surface area contributed by atoms with Gasteiger partial charge in [-0.3, -0.25) is 0 Å². The summed E-state index contributed by atoms with van der Waals surface area (Å²) in [5, 5.41) is 0. The predicted octanol–water partition coefficient (Wildman–Crippen LogP) is -0.780. The maximum atomic E-state index is 12.4. The molecule has 8 heteroatoms. The van der Waals surface area contributed by atoms with E-state index in [1.807, 2.05) is 0 Å². The third kappa shape index (κ3) is 4.01. The van der Waals surface area contributed by atoms with Gasteiger partial charge in [-0.15, -0.1) is 0 Å². The normalized spacial score (nSPS) is 10.8. The first-order chi connectivity index (χ1) is 6.36. The second kappa shape index (κ2) is 6.02. The molecule has 1 rings (SSSR count). The molecule has 0 aliphatic carbocycles. The van der Waals surface area contributed by atoms with Gasteiger partial charge in [0.25, 0.3) is 0 Å². The van der Waals surface area contributed by atoms with Crippen molar-refractivity contribution in [3.05, 3.63) is 16.2 Å². The SMILES string of the molecule is COc1nc(C)c([B-](F)(F)F)cc1Br.[K+]. The Morgan fingerprint density at radius 2 is 1.93 bits per heavy atom. The fourth-order valence-corrected chi connectivity index (χ4v) is 1.54. The molecule has 0 radical (unpaired) electrons. The monoisotopic (exact) mass is 307 g/mol. The molecule has 15 heavy (non-hydrogen) atoms. The number of aromatic nitrogens is 1. The Morgan fingerprint density at radius 3 is 2.33 bits per heavy atom. The molecular weight excluding hydrogens is 301 g/mol. The van der Waals surface area contributed by atoms with Crippen molar-refractivity contribution in [3.8, 4) is 5.88 Å². The number of ether oxygens (including phenoxy) is 1. The molecule has 1 heterocycles. The summed E-state index contributed by atoms with van der Waals surface area (Å²) in [7, 11) is 1.35. The summed E-state index contributed by atoms with van der Waals surface area (Å²) in [5.41, 5.74) is -0.768. The molecule has 78 valence electrons. The van der Waals surface area contributed by atoms with Crippen molar-refractivity contribution in [3.63, 3.8) is 0 Å². The van der Waals surface area contributed by atoms with Crippen LogP contribution in [0.3, 0.4) is 0 Å². The van der Waals surface area contributed by atoms with Crippen LogP contribution in [0.5, 0.6) is 5.88 Å². The van der Waals surface area contributed by atoms with E-state index in [1.54, 1.807) is 0 Å². The largest absolute Gasteiger partial charge is 1.00 e. The molecular formula is C7H7BBrF3KNO. The zero-order chi connectivity index (χ0) is 10.9. The Hall–Kier alpha value is 0.921. The van der Waals surface area contributed by atoms with E-state index in [0.29, 0.717) is 0 Å². The average molecular weight is 308 g/mol. The van der Waals surface area contributed by atoms with Gasteiger partial charge in [-0.25, -0.2) is 4.98 Å². The zero-order valence-electron chi connectivity index (χ0n) is 8.52. The molecule has 0 amide bonds. The maximum Gasteiger partial charge on any atom is 1.00 e. The molecule has 0 spiro atoms. The number of hydrogen-bond acceptors (Lipinski definition) is 2. The van der Waals surface area contributed by atoms with Crippen LogP contribution in [0.2, 0.25) is 0 Å². The van der Waals surface area contributed by atoms with Gasteiger partial charge < -0.3 is 17.7 Å². The molecule has 0 atom stereocenters. The van der Waals surface area contributed by atoms with Gasteiger partial charge in [0.15, 0.2) is 0 Å². The van der Waals surface area contributed by atoms with E-state index in [2.05, 4.69) is 20.9 Å². The van der Waals surface area contributed by atoms with Gasteiger partial charge in [-0.1, -0.05) is 11.5 Å². The zero-order valence-corrected chi connectivity index (χ0v) is 13.2. The molecule has 0 aromatic carbocycles. The van der Waals surface area contributed by atoms with Gasteiger partial charge >= 0.3 is 58.4 Å². The van der Waals surface area contributed by atoms with Gasteiger partial charge in [-0.2, -0.15) is 0 Å². The Balaban J connectivity index is 0.00000196. The maximum absolute atomic E-state index is 12.4. The molecule has 1 aromatic rings. The van der Waals surface area contributed by atoms with Crippen LogP contribution >= 0.6 is 15.9 Å². The molecule has 0 bridgehead atoms. The third-order valence-electron chi connectivity index (χ3n) is 1.72. The molecule has 0 unspecified atom stereocenters. The topological polar surface area (TPSA) is 22.1 Å². The summed E-state index contributed by atoms with van der Waals surface area (Å²) < 4.78 is 42.3. The fraction of sp³-hybridized carbons (Fsp3) is 0.286. The van der Waals surface area contributed by atoms with Crippen LogP contribution in [0.15, 0.2) is 10.5 Å². The minimum absolute atomic E-state index is 0. The van der Waals surface area contributed by atoms with Crippen molar-refractivity contribution in [2.45, 2.75) is 6.92 Å². The Labute approximate surface area is 137 Å². The van der Waals surface area contributed by atoms with Crippen molar-refractivity contribution in [1.82, 2.24) is 4.98 Å². The molecule has 1 aromatic heterocycles. The van der Waals surface area contributed by atoms with Crippen LogP contribution in [0, 0.1) is 6.92 Å². The quantitative estimate of drug-likeness (QED) is 0.669. The first-order valence-corrected chi connectivity index (χ1v) is 4.56. The van der Waals surface area contributed by atoms with Crippen molar-refractivity contribution >= 4 is 28.4 Å². The molecule has 0 N–H and O–H groups in total. The first-order valence-electron chi connectivity index (χ1n) is 3.77. The van der Waals surface area contributed by atoms with Crippen LogP contribution in [0.25, 0.3) is 0 Å². The van der Waals surface area contributed by atoms with Crippen LogP contribution in [-0.4, -0.2) is 19.1 Å². The molecule has 0 aliphatic heterocycles. The number of rotatable bonds is 2. The Bertz CT molecular complexity index is 361. The number of nitrogens with zero attached hydrogens (tertiary/aromatic N) is 1. The van der Waals surface area contributed by atoms with Gasteiger partial charge in [0, 0.05) is 5.69 Å². The number of aryl methyl sites for hydroxylation is 1. The summed E-state index contributed by atoms with van der Waals surface area (Å²) in [6, 6.07) is 0.987. The van der Waals surface area contributed by atoms with E-state index >= 15 is 0 Å². The van der Waals surface area contributed by atoms with Crippen LogP contribution in [0.1, 0.15) is 5.69 Å². The summed E-state index contributed by atoms with van der Waals surface area (Å²) in [5.74, 6) is 0.159. The van der Waals surface area contributed by atoms with Gasteiger partial charge in [-0.05, 0) is 22.9 Å². The first kappa shape index (κ1) is 15.9. The van der Waals surface area contributed by atoms with Crippen LogP contribution in [-0.2, 0) is 0 Å². The van der Waals surface area contributed by atoms with Crippen molar-refractivity contribution < 1.29 is 69.1 Å². The second-order valence-electron chi connectivity index (χ2n) is 2.73. The minimum Gasteiger partial charge on any atom is -0.480 e. The summed E-state index contributed by atoms with van der Waals surface area (Å²) in [6.07, 6.45) is 0. The number of pyridine rings is 1. The average Bonchev–Trinajstić information content (AvgIpc) is 2.06. The molecule has 0 fully saturated rings. The smallest absolute Gasteiger partial charge is 0.480 e. The van der Waals surface area contributed by atoms with E-state index in [9.17, 15) is 12.9 Å². The van der Waals surface area contributed by atoms with Gasteiger partial charge in [0.2, 0.25) is 5.88 Å². The number of methoxy groups -OCH3 is 1. The number of hydrogen-bond donors (Lipinski definition) is 0. The van der Waals surface area contributed by atoms with Crippen LogP contribution < -0.4 is 61.6 Å². The third-order valence-corrected chi connectivity index (χ3v) is 2.29. The minimum atomic E-state index is -5.02. The van der Waals surface area contributed by atoms with E-state index < -0.39 is 12.4 Å². The van der Waals surface area contributed by atoms with Gasteiger partial charge in [0.1, 0.15) is 0 Å². The Kier molecular flexibility index (Phi) is 6.39. The Morgan fingerprint density at radius 1 is 1.40 bits per heavy atom. The molecule has 2 nitrogen and oxygen atoms in total. The summed E-state index contributed by atoms with van der Waals surface area (Å²) >= 11 is 2.96. The predicted molar refractivity (Wildman–Crippen MR) is 51.9 cm³/mol. The van der Waals surface area contributed by atoms with E-state index in [4.69, 9.17) is 4.74 Å². The molecule has 0 saturated heterocycles. The number of halogens is 4. The van der Waals surface area contributed by atoms with Crippen molar-refractivity contribution in [1.29, 1.82) is 0 Å². The molecule has 0 aliphatic rings. The van der Waals surface area contributed by atoms with Gasteiger partial charge in [0.05, 0.1) is 11.6 Å². The van der Waals surface area contributed by atoms with E-state index in [-0.39, 0.29) is 67.4 Å². The fourth-order valence-electron chi connectivity index (χ4n) is 1.05. The second-order valence-corrected chi connectivity index (χ2v) is 3.58. The van der Waals surface area contributed by atoms with Crippen molar-refractivity contribution in [2.24, 2.45) is 0 Å². The standard InChI is InChI=1S/C7H7BBrF3NO.K/c1-4-5(8(10,11)12)3-6(9)7(13-4)14-2;/h3H,1-2H3;/q-1;+1. The van der Waals surface area contributed by atoms with Crippen LogP contribution in [0.4, 0.5) is 12.9 Å². The van der Waals surface area contributed by atoms with E-state index in [0.717, 1.165) is 6.07 Å².